The van der Waals surface area contributed by atoms with Gasteiger partial charge in [0.2, 0.25) is 0 Å². The van der Waals surface area contributed by atoms with Gasteiger partial charge < -0.3 is 9.64 Å². The Balaban J connectivity index is 1.31. The van der Waals surface area contributed by atoms with E-state index in [1.807, 2.05) is 30.0 Å². The second kappa shape index (κ2) is 7.64. The van der Waals surface area contributed by atoms with Crippen molar-refractivity contribution in [1.82, 2.24) is 14.8 Å². The molecule has 27 heavy (non-hydrogen) atoms. The van der Waals surface area contributed by atoms with Crippen LogP contribution in [-0.2, 0) is 17.7 Å². The molecule has 5 nitrogen and oxygen atoms in total. The Morgan fingerprint density at radius 3 is 2.78 bits per heavy atom. The lowest BCUT2D eigenvalue weighted by Gasteiger charge is -2.22. The number of halogens is 1. The van der Waals surface area contributed by atoms with Crippen LogP contribution in [0.3, 0.4) is 0 Å². The van der Waals surface area contributed by atoms with E-state index >= 15 is 0 Å². The van der Waals surface area contributed by atoms with Crippen LogP contribution in [0.4, 0.5) is 9.18 Å². The molecule has 6 heteroatoms. The van der Waals surface area contributed by atoms with Gasteiger partial charge in [-0.1, -0.05) is 18.2 Å². The quantitative estimate of drug-likeness (QED) is 0.785. The number of nitrogens with zero attached hydrogens (tertiary/aromatic N) is 3. The molecule has 2 saturated heterocycles. The van der Waals surface area contributed by atoms with Crippen molar-refractivity contribution in [1.29, 1.82) is 0 Å². The number of aromatic nitrogens is 1. The first-order valence-corrected chi connectivity index (χ1v) is 9.45. The van der Waals surface area contributed by atoms with Gasteiger partial charge in [0.1, 0.15) is 11.9 Å². The fraction of sp³-hybridized carbons (Fsp3) is 0.429. The molecule has 1 amide bonds. The minimum absolute atomic E-state index is 0.0619. The van der Waals surface area contributed by atoms with Crippen LogP contribution in [0.15, 0.2) is 42.5 Å². The Morgan fingerprint density at radius 1 is 1.19 bits per heavy atom. The third-order valence-corrected chi connectivity index (χ3v) is 5.31. The molecule has 2 aliphatic rings. The average Bonchev–Trinajstić information content (AvgIpc) is 3.14. The second-order valence-corrected chi connectivity index (χ2v) is 7.38. The lowest BCUT2D eigenvalue weighted by atomic mass is 10.1. The van der Waals surface area contributed by atoms with Gasteiger partial charge in [-0.2, -0.15) is 0 Å². The Kier molecular flexibility index (Phi) is 5.07. The Hall–Kier alpha value is -2.47. The molecule has 1 aromatic heterocycles. The van der Waals surface area contributed by atoms with Crippen molar-refractivity contribution in [3.8, 4) is 0 Å². The van der Waals surface area contributed by atoms with Gasteiger partial charge in [-0.15, -0.1) is 0 Å². The number of pyridine rings is 1. The number of likely N-dealkylation sites (tertiary alicyclic amines) is 1. The van der Waals surface area contributed by atoms with Crippen molar-refractivity contribution in [3.63, 3.8) is 0 Å². The molecule has 0 bridgehead atoms. The summed E-state index contributed by atoms with van der Waals surface area (Å²) >= 11 is 0. The van der Waals surface area contributed by atoms with E-state index in [0.717, 1.165) is 49.4 Å². The minimum Gasteiger partial charge on any atom is -0.442 e. The van der Waals surface area contributed by atoms with Crippen molar-refractivity contribution in [3.05, 3.63) is 65.2 Å². The highest BCUT2D eigenvalue weighted by atomic mass is 19.1. The molecule has 2 atom stereocenters. The van der Waals surface area contributed by atoms with Crippen molar-refractivity contribution in [2.75, 3.05) is 19.6 Å². The number of rotatable bonds is 6. The van der Waals surface area contributed by atoms with E-state index in [0.29, 0.717) is 6.54 Å². The molecule has 0 saturated carbocycles. The maximum atomic E-state index is 13.0. The minimum atomic E-state index is -0.223. The number of carbonyl (C=O) groups excluding carboxylic acids is 1. The number of hydrogen-bond acceptors (Lipinski definition) is 4. The third-order valence-electron chi connectivity index (χ3n) is 5.31. The van der Waals surface area contributed by atoms with Crippen molar-refractivity contribution in [2.24, 2.45) is 0 Å². The molecular weight excluding hydrogens is 345 g/mol. The zero-order valence-electron chi connectivity index (χ0n) is 15.5. The lowest BCUT2D eigenvalue weighted by Crippen LogP contribution is -2.38. The highest BCUT2D eigenvalue weighted by Crippen LogP contribution is 2.28. The topological polar surface area (TPSA) is 45.7 Å². The molecule has 2 aliphatic heterocycles. The summed E-state index contributed by atoms with van der Waals surface area (Å²) in [4.78, 5) is 20.9. The van der Waals surface area contributed by atoms with Crippen LogP contribution in [0, 0.1) is 12.7 Å². The number of fused-ring (bicyclic) bond motifs is 1. The summed E-state index contributed by atoms with van der Waals surface area (Å²) in [6.07, 6.45) is 1.38. The molecule has 0 unspecified atom stereocenters. The first-order chi connectivity index (χ1) is 13.1. The normalized spacial score (nSPS) is 22.1. The van der Waals surface area contributed by atoms with Crippen LogP contribution in [-0.4, -0.2) is 52.7 Å². The Morgan fingerprint density at radius 2 is 2.00 bits per heavy atom. The molecule has 0 spiro atoms. The summed E-state index contributed by atoms with van der Waals surface area (Å²) in [5.74, 6) is -0.223. The average molecular weight is 369 g/mol. The summed E-state index contributed by atoms with van der Waals surface area (Å²) in [7, 11) is 0. The van der Waals surface area contributed by atoms with Gasteiger partial charge in [0, 0.05) is 31.9 Å². The molecule has 1 aromatic carbocycles. The molecule has 142 valence electrons. The van der Waals surface area contributed by atoms with E-state index in [2.05, 4.69) is 9.88 Å². The number of amides is 1. The monoisotopic (exact) mass is 369 g/mol. The predicted molar refractivity (Wildman–Crippen MR) is 99.7 cm³/mol. The van der Waals surface area contributed by atoms with E-state index in [1.54, 1.807) is 12.1 Å². The van der Waals surface area contributed by atoms with Gasteiger partial charge in [-0.3, -0.25) is 9.88 Å². The zero-order valence-corrected chi connectivity index (χ0v) is 15.5. The van der Waals surface area contributed by atoms with Gasteiger partial charge in [0.05, 0.1) is 11.7 Å². The van der Waals surface area contributed by atoms with Gasteiger partial charge in [0.15, 0.2) is 0 Å². The first-order valence-electron chi connectivity index (χ1n) is 9.45. The molecule has 0 N–H and O–H groups in total. The smallest absolute Gasteiger partial charge is 0.410 e. The van der Waals surface area contributed by atoms with Crippen LogP contribution < -0.4 is 0 Å². The zero-order chi connectivity index (χ0) is 18.8. The molecule has 2 fully saturated rings. The summed E-state index contributed by atoms with van der Waals surface area (Å²) in [5.41, 5.74) is 3.14. The second-order valence-electron chi connectivity index (χ2n) is 7.38. The largest absolute Gasteiger partial charge is 0.442 e. The standard InChI is InChI=1S/C21H24FN3O2/c1-15-4-2-6-18(23-15)12-24-13-19-20(14-24)27-21(26)25(19)11-3-5-16-7-9-17(22)10-8-16/h2,4,6-10,19-20H,3,5,11-14H2,1H3/t19-,20+/m0/s1. The van der Waals surface area contributed by atoms with Crippen molar-refractivity contribution < 1.29 is 13.9 Å². The number of benzene rings is 1. The summed E-state index contributed by atoms with van der Waals surface area (Å²) < 4.78 is 18.6. The van der Waals surface area contributed by atoms with E-state index in [-0.39, 0.29) is 24.1 Å². The highest BCUT2D eigenvalue weighted by Gasteiger charge is 2.47. The number of ether oxygens (including phenoxy) is 1. The Labute approximate surface area is 158 Å². The molecule has 2 aromatic rings. The summed E-state index contributed by atoms with van der Waals surface area (Å²) in [6.45, 7) is 4.99. The SMILES string of the molecule is Cc1cccc(CN2C[C@H]3OC(=O)N(CCCc4ccc(F)cc4)[C@H]3C2)n1. The fourth-order valence-electron chi connectivity index (χ4n) is 3.99. The number of carbonyl (C=O) groups is 1. The van der Waals surface area contributed by atoms with Gasteiger partial charge in [0.25, 0.3) is 0 Å². The van der Waals surface area contributed by atoms with E-state index in [1.165, 1.54) is 12.1 Å². The first kappa shape index (κ1) is 17.9. The Bertz CT molecular complexity index is 811. The molecular formula is C21H24FN3O2. The van der Waals surface area contributed by atoms with Gasteiger partial charge >= 0.3 is 6.09 Å². The molecule has 0 aliphatic carbocycles. The van der Waals surface area contributed by atoms with E-state index in [9.17, 15) is 9.18 Å². The number of hydrogen-bond donors (Lipinski definition) is 0. The molecule has 0 radical (unpaired) electrons. The lowest BCUT2D eigenvalue weighted by molar-refractivity contribution is 0.120. The maximum absolute atomic E-state index is 13.0. The highest BCUT2D eigenvalue weighted by molar-refractivity contribution is 5.71. The van der Waals surface area contributed by atoms with Crippen LogP contribution >= 0.6 is 0 Å². The van der Waals surface area contributed by atoms with E-state index < -0.39 is 0 Å². The summed E-state index contributed by atoms with van der Waals surface area (Å²) in [6, 6.07) is 12.7. The predicted octanol–water partition coefficient (Wildman–Crippen LogP) is 3.17. The maximum Gasteiger partial charge on any atom is 0.410 e. The molecule has 4 rings (SSSR count). The third kappa shape index (κ3) is 4.11. The fourth-order valence-corrected chi connectivity index (χ4v) is 3.99. The van der Waals surface area contributed by atoms with Crippen LogP contribution in [0.5, 0.6) is 0 Å². The van der Waals surface area contributed by atoms with Crippen molar-refractivity contribution in [2.45, 2.75) is 38.5 Å². The van der Waals surface area contributed by atoms with Crippen LogP contribution in [0.2, 0.25) is 0 Å². The summed E-state index contributed by atoms with van der Waals surface area (Å²) in [5, 5.41) is 0. The molecule has 3 heterocycles. The van der Waals surface area contributed by atoms with Gasteiger partial charge in [-0.25, -0.2) is 9.18 Å². The number of aryl methyl sites for hydroxylation is 2. The van der Waals surface area contributed by atoms with Crippen molar-refractivity contribution >= 4 is 6.09 Å². The van der Waals surface area contributed by atoms with E-state index in [4.69, 9.17) is 4.74 Å². The van der Waals surface area contributed by atoms with Crippen LogP contribution in [0.1, 0.15) is 23.4 Å². The van der Waals surface area contributed by atoms with Crippen LogP contribution in [0.25, 0.3) is 0 Å². The van der Waals surface area contributed by atoms with Gasteiger partial charge in [-0.05, 0) is 49.6 Å².